The van der Waals surface area contributed by atoms with Crippen LogP contribution in [0.25, 0.3) is 0 Å². The lowest BCUT2D eigenvalue weighted by Gasteiger charge is -2.34. The van der Waals surface area contributed by atoms with Gasteiger partial charge in [0.25, 0.3) is 0 Å². The third kappa shape index (κ3) is 5.17. The van der Waals surface area contributed by atoms with E-state index in [1.807, 2.05) is 0 Å². The third-order valence-corrected chi connectivity index (χ3v) is 5.31. The average Bonchev–Trinajstić information content (AvgIpc) is 2.73. The van der Waals surface area contributed by atoms with Gasteiger partial charge in [0, 0.05) is 15.9 Å². The number of anilines is 1. The lowest BCUT2D eigenvalue weighted by Crippen LogP contribution is -2.52. The number of halogens is 2. The summed E-state index contributed by atoms with van der Waals surface area (Å²) in [4.78, 5) is 35.9. The van der Waals surface area contributed by atoms with Gasteiger partial charge in [0.05, 0.1) is 19.1 Å². The SMILES string of the molecule is C=C1NC(=O)N[C@H](c2cc(OC)c(OCC(=O)[O-])cc2Br)[C@@H]1C(=O)Nc1ccc(F)cc1. The zero-order chi connectivity index (χ0) is 23.4. The molecule has 2 aromatic rings. The molecule has 2 aromatic carbocycles. The topological polar surface area (TPSA) is 129 Å². The number of methoxy groups -OCH3 is 1. The molecule has 0 unspecified atom stereocenters. The van der Waals surface area contributed by atoms with Gasteiger partial charge in [-0.25, -0.2) is 9.18 Å². The van der Waals surface area contributed by atoms with Gasteiger partial charge in [0.1, 0.15) is 18.3 Å². The van der Waals surface area contributed by atoms with E-state index in [9.17, 15) is 23.9 Å². The number of carboxylic acid groups (broad SMARTS) is 1. The van der Waals surface area contributed by atoms with Crippen LogP contribution >= 0.6 is 15.9 Å². The molecule has 1 aliphatic heterocycles. The van der Waals surface area contributed by atoms with E-state index in [-0.39, 0.29) is 17.2 Å². The van der Waals surface area contributed by atoms with Gasteiger partial charge in [0.2, 0.25) is 5.91 Å². The molecule has 1 aliphatic rings. The second-order valence-electron chi connectivity index (χ2n) is 6.76. The van der Waals surface area contributed by atoms with Gasteiger partial charge in [-0.15, -0.1) is 0 Å². The quantitative estimate of drug-likeness (QED) is 0.525. The second-order valence-corrected chi connectivity index (χ2v) is 7.61. The normalized spacial score (nSPS) is 17.7. The van der Waals surface area contributed by atoms with E-state index < -0.39 is 42.3 Å². The summed E-state index contributed by atoms with van der Waals surface area (Å²) in [6.07, 6.45) is 0. The Hall–Kier alpha value is -3.60. The van der Waals surface area contributed by atoms with Gasteiger partial charge in [-0.05, 0) is 42.0 Å². The molecule has 168 valence electrons. The van der Waals surface area contributed by atoms with E-state index in [0.29, 0.717) is 15.7 Å². The number of amides is 3. The molecule has 9 nitrogen and oxygen atoms in total. The maximum absolute atomic E-state index is 13.2. The van der Waals surface area contributed by atoms with Gasteiger partial charge in [-0.3, -0.25) is 4.79 Å². The number of benzene rings is 2. The second kappa shape index (κ2) is 9.69. The highest BCUT2D eigenvalue weighted by atomic mass is 79.9. The van der Waals surface area contributed by atoms with Crippen LogP contribution in [0.2, 0.25) is 0 Å². The Morgan fingerprint density at radius 1 is 1.25 bits per heavy atom. The number of hydrogen-bond donors (Lipinski definition) is 3. The maximum Gasteiger partial charge on any atom is 0.319 e. The summed E-state index contributed by atoms with van der Waals surface area (Å²) in [5.41, 5.74) is 0.974. The number of rotatable bonds is 7. The number of nitrogens with one attached hydrogen (secondary N) is 3. The van der Waals surface area contributed by atoms with Crippen LogP contribution in [0.3, 0.4) is 0 Å². The predicted octanol–water partition coefficient (Wildman–Crippen LogP) is 1.85. The zero-order valence-electron chi connectivity index (χ0n) is 16.7. The minimum atomic E-state index is -1.41. The van der Waals surface area contributed by atoms with Crippen molar-refractivity contribution in [1.82, 2.24) is 10.6 Å². The third-order valence-electron chi connectivity index (χ3n) is 4.63. The predicted molar refractivity (Wildman–Crippen MR) is 113 cm³/mol. The van der Waals surface area contributed by atoms with Crippen molar-refractivity contribution in [1.29, 1.82) is 0 Å². The smallest absolute Gasteiger partial charge is 0.319 e. The Kier molecular flexibility index (Phi) is 6.98. The number of urea groups is 1. The number of ether oxygens (including phenoxy) is 2. The molecule has 1 heterocycles. The van der Waals surface area contributed by atoms with Gasteiger partial charge in [-0.1, -0.05) is 22.5 Å². The van der Waals surface area contributed by atoms with Crippen LogP contribution in [0.5, 0.6) is 11.5 Å². The summed E-state index contributed by atoms with van der Waals surface area (Å²) < 4.78 is 24.0. The average molecular weight is 507 g/mol. The van der Waals surface area contributed by atoms with Crippen molar-refractivity contribution < 1.29 is 33.4 Å². The fourth-order valence-corrected chi connectivity index (χ4v) is 3.77. The van der Waals surface area contributed by atoms with Gasteiger partial charge in [-0.2, -0.15) is 0 Å². The van der Waals surface area contributed by atoms with Crippen LogP contribution in [-0.2, 0) is 9.59 Å². The van der Waals surface area contributed by atoms with Gasteiger partial charge < -0.3 is 35.3 Å². The van der Waals surface area contributed by atoms with E-state index in [0.717, 1.165) is 0 Å². The molecule has 0 radical (unpaired) electrons. The summed E-state index contributed by atoms with van der Waals surface area (Å²) in [6, 6.07) is 6.76. The van der Waals surface area contributed by atoms with Crippen LogP contribution in [0.4, 0.5) is 14.9 Å². The molecule has 0 aliphatic carbocycles. The van der Waals surface area contributed by atoms with Crippen LogP contribution < -0.4 is 30.5 Å². The van der Waals surface area contributed by atoms with E-state index in [1.54, 1.807) is 0 Å². The van der Waals surface area contributed by atoms with Crippen LogP contribution in [0, 0.1) is 11.7 Å². The monoisotopic (exact) mass is 506 g/mol. The minimum absolute atomic E-state index is 0.124. The molecule has 3 amide bonds. The summed E-state index contributed by atoms with van der Waals surface area (Å²) >= 11 is 3.37. The Labute approximate surface area is 190 Å². The van der Waals surface area contributed by atoms with Crippen molar-refractivity contribution in [2.75, 3.05) is 19.0 Å². The molecule has 11 heteroatoms. The van der Waals surface area contributed by atoms with Gasteiger partial charge in [0.15, 0.2) is 11.5 Å². The minimum Gasteiger partial charge on any atom is -0.546 e. The zero-order valence-corrected chi connectivity index (χ0v) is 18.3. The van der Waals surface area contributed by atoms with E-state index in [4.69, 9.17) is 9.47 Å². The van der Waals surface area contributed by atoms with Crippen molar-refractivity contribution in [2.24, 2.45) is 5.92 Å². The van der Waals surface area contributed by atoms with Crippen molar-refractivity contribution in [3.8, 4) is 11.5 Å². The fraction of sp³-hybridized carbons (Fsp3) is 0.190. The summed E-state index contributed by atoms with van der Waals surface area (Å²) in [6.45, 7) is 3.11. The molecular formula is C21H18BrFN3O6-. The summed E-state index contributed by atoms with van der Waals surface area (Å²) in [5.74, 6) is -3.00. The van der Waals surface area contributed by atoms with Crippen molar-refractivity contribution in [3.05, 3.63) is 64.5 Å². The molecule has 1 fully saturated rings. The molecule has 0 spiro atoms. The Morgan fingerprint density at radius 2 is 1.94 bits per heavy atom. The van der Waals surface area contributed by atoms with E-state index >= 15 is 0 Å². The highest BCUT2D eigenvalue weighted by Crippen LogP contribution is 2.40. The van der Waals surface area contributed by atoms with E-state index in [2.05, 4.69) is 38.5 Å². The van der Waals surface area contributed by atoms with Crippen molar-refractivity contribution >= 4 is 39.5 Å². The molecule has 3 N–H and O–H groups in total. The van der Waals surface area contributed by atoms with Crippen LogP contribution in [-0.4, -0.2) is 31.6 Å². The van der Waals surface area contributed by atoms with Crippen LogP contribution in [0.15, 0.2) is 53.1 Å². The Balaban J connectivity index is 1.95. The van der Waals surface area contributed by atoms with Crippen LogP contribution in [0.1, 0.15) is 11.6 Å². The first kappa shape index (κ1) is 23.1. The van der Waals surface area contributed by atoms with Gasteiger partial charge >= 0.3 is 6.03 Å². The first-order valence-corrected chi connectivity index (χ1v) is 10.0. The Bertz CT molecular complexity index is 1080. The molecular weight excluding hydrogens is 489 g/mol. The molecule has 0 bridgehead atoms. The van der Waals surface area contributed by atoms with Crippen molar-refractivity contribution in [2.45, 2.75) is 6.04 Å². The Morgan fingerprint density at radius 3 is 2.56 bits per heavy atom. The lowest BCUT2D eigenvalue weighted by molar-refractivity contribution is -0.307. The fourth-order valence-electron chi connectivity index (χ4n) is 3.20. The van der Waals surface area contributed by atoms with Crippen molar-refractivity contribution in [3.63, 3.8) is 0 Å². The highest BCUT2D eigenvalue weighted by molar-refractivity contribution is 9.10. The first-order chi connectivity index (χ1) is 15.2. The number of hydrogen-bond acceptors (Lipinski definition) is 6. The molecule has 3 rings (SSSR count). The largest absolute Gasteiger partial charge is 0.546 e. The first-order valence-electron chi connectivity index (χ1n) is 9.22. The number of carbonyl (C=O) groups is 3. The molecule has 32 heavy (non-hydrogen) atoms. The highest BCUT2D eigenvalue weighted by Gasteiger charge is 2.39. The van der Waals surface area contributed by atoms with E-state index in [1.165, 1.54) is 43.5 Å². The maximum atomic E-state index is 13.2. The number of aliphatic carboxylic acids is 1. The summed E-state index contributed by atoms with van der Waals surface area (Å²) in [7, 11) is 1.36. The molecule has 1 saturated heterocycles. The number of carboxylic acids is 1. The molecule has 0 aromatic heterocycles. The molecule has 2 atom stereocenters. The summed E-state index contributed by atoms with van der Waals surface area (Å²) in [5, 5.41) is 18.6. The standard InChI is InChI=1S/C21H19BrFN3O6/c1-10-18(20(29)25-12-5-3-11(23)4-6-12)19(26-21(30)24-10)13-7-15(31-2)16(8-14(13)22)32-9-17(27)28/h3-8,18-19H,1,9H2,2H3,(H,25,29)(H,27,28)(H2,24,26,30)/p-1/t18-,19-/m1/s1. The number of carbonyl (C=O) groups excluding carboxylic acids is 3. The lowest BCUT2D eigenvalue weighted by atomic mass is 9.88. The molecule has 0 saturated carbocycles.